The lowest BCUT2D eigenvalue weighted by Gasteiger charge is -2.36. The fraction of sp³-hybridized carbons (Fsp3) is 0.552. The van der Waals surface area contributed by atoms with Crippen LogP contribution in [0, 0.1) is 20.9 Å². The van der Waals surface area contributed by atoms with Crippen LogP contribution < -0.4 is 42.5 Å². The van der Waals surface area contributed by atoms with Gasteiger partial charge in [0.05, 0.1) is 29.1 Å². The number of aryl methyl sites for hydroxylation is 2. The number of nitro groups is 1. The van der Waals surface area contributed by atoms with E-state index in [1.165, 1.54) is 15.9 Å². The molecular weight excluding hydrogens is 1010 g/mol. The Kier molecular flexibility index (Phi) is 18.7. The predicted molar refractivity (Wildman–Crippen MR) is 296 cm³/mol. The minimum Gasteiger partial charge on any atom is -0.347 e. The third-order valence-corrected chi connectivity index (χ3v) is 15.9. The zero-order chi connectivity index (χ0) is 57.7. The molecule has 0 radical (unpaired) electrons. The lowest BCUT2D eigenvalue weighted by Crippen LogP contribution is -2.59. The summed E-state index contributed by atoms with van der Waals surface area (Å²) in [4.78, 5) is 128. The second kappa shape index (κ2) is 24.8. The number of likely N-dealkylation sites (N-methyl/N-ethyl adjacent to an activating group) is 2. The third-order valence-electron chi connectivity index (χ3n) is 15.9. The zero-order valence-electron chi connectivity index (χ0n) is 47.1. The van der Waals surface area contributed by atoms with Gasteiger partial charge in [0.25, 0.3) is 17.5 Å². The average molecular weight is 1090 g/mol. The van der Waals surface area contributed by atoms with Crippen molar-refractivity contribution in [3.63, 3.8) is 0 Å². The van der Waals surface area contributed by atoms with E-state index in [0.717, 1.165) is 60.1 Å². The van der Waals surface area contributed by atoms with Gasteiger partial charge in [-0.25, -0.2) is 0 Å². The van der Waals surface area contributed by atoms with Crippen molar-refractivity contribution in [1.82, 2.24) is 52.3 Å². The molecular formula is C58H79N11O10. The molecule has 0 spiro atoms. The normalized spacial score (nSPS) is 22.4. The van der Waals surface area contributed by atoms with Gasteiger partial charge in [-0.2, -0.15) is 0 Å². The van der Waals surface area contributed by atoms with Crippen molar-refractivity contribution in [3.8, 4) is 0 Å². The van der Waals surface area contributed by atoms with Gasteiger partial charge in [-0.3, -0.25) is 48.5 Å². The van der Waals surface area contributed by atoms with Crippen LogP contribution in [0.2, 0.25) is 0 Å². The Hall–Kier alpha value is -7.26. The van der Waals surface area contributed by atoms with Crippen molar-refractivity contribution in [3.05, 3.63) is 110 Å². The predicted octanol–water partition coefficient (Wildman–Crippen LogP) is 3.66. The Bertz CT molecular complexity index is 2650. The molecule has 426 valence electrons. The molecule has 21 heteroatoms. The van der Waals surface area contributed by atoms with Crippen molar-refractivity contribution < 1.29 is 43.3 Å². The fourth-order valence-corrected chi connectivity index (χ4v) is 11.2. The Morgan fingerprint density at radius 3 is 1.32 bits per heavy atom. The first-order valence-electron chi connectivity index (χ1n) is 27.5. The molecule has 2 aliphatic heterocycles. The molecule has 2 aliphatic carbocycles. The maximum atomic E-state index is 14.7. The average Bonchev–Trinajstić information content (AvgIpc) is 4.17. The van der Waals surface area contributed by atoms with E-state index in [1.807, 2.05) is 48.5 Å². The highest BCUT2D eigenvalue weighted by Gasteiger charge is 2.48. The monoisotopic (exact) mass is 1090 g/mol. The number of carbonyl (C=O) groups excluding carboxylic acids is 8. The molecule has 0 aromatic heterocycles. The molecule has 79 heavy (non-hydrogen) atoms. The smallest absolute Gasteiger partial charge is 0.271 e. The Labute approximate surface area is 462 Å². The van der Waals surface area contributed by atoms with Crippen molar-refractivity contribution in [2.45, 2.75) is 167 Å². The summed E-state index contributed by atoms with van der Waals surface area (Å²) >= 11 is 0. The summed E-state index contributed by atoms with van der Waals surface area (Å²) in [6.45, 7) is 13.8. The molecule has 21 nitrogen and oxygen atoms in total. The van der Waals surface area contributed by atoms with E-state index >= 15 is 0 Å². The Morgan fingerprint density at radius 1 is 0.582 bits per heavy atom. The van der Waals surface area contributed by atoms with Gasteiger partial charge < -0.3 is 52.3 Å². The van der Waals surface area contributed by atoms with Crippen LogP contribution in [-0.2, 0) is 41.6 Å². The second-order valence-electron chi connectivity index (χ2n) is 23.8. The maximum absolute atomic E-state index is 14.7. The van der Waals surface area contributed by atoms with Gasteiger partial charge in [0.15, 0.2) is 0 Å². The first-order chi connectivity index (χ1) is 37.3. The van der Waals surface area contributed by atoms with Crippen LogP contribution >= 0.6 is 0 Å². The number of nitrogens with zero attached hydrogens (tertiary/aromatic N) is 3. The molecule has 0 saturated carbocycles. The lowest BCUT2D eigenvalue weighted by molar-refractivity contribution is -0.384. The van der Waals surface area contributed by atoms with Gasteiger partial charge in [0.2, 0.25) is 35.4 Å². The number of carbonyl (C=O) groups is 8. The highest BCUT2D eigenvalue weighted by molar-refractivity contribution is 6.02. The molecule has 3 aromatic rings. The molecule has 2 fully saturated rings. The number of nitro benzene ring substituents is 1. The van der Waals surface area contributed by atoms with Gasteiger partial charge in [-0.05, 0) is 118 Å². The molecule has 4 aliphatic rings. The van der Waals surface area contributed by atoms with E-state index in [1.54, 1.807) is 69.5 Å². The zero-order valence-corrected chi connectivity index (χ0v) is 47.1. The van der Waals surface area contributed by atoms with Crippen LogP contribution in [0.1, 0.15) is 149 Å². The molecule has 3 aromatic carbocycles. The van der Waals surface area contributed by atoms with E-state index < -0.39 is 117 Å². The minimum atomic E-state index is -1.09. The SMILES string of the molecule is CNC(C)C(=O)N[C@H](C(=O)N1C[C@@H](NC(=O)c2cc(C(=O)NC3CC(C(=O)N[C@@H]4CCCc5ccccc54)N(C(=O)[C@@H](NC(=O)[C@H](C)NC)C(C)(C)C)C3)cc([N+](=O)[O-])c2)C[C@H]1C(=O)NC1CCCc2ccccc21)C(C)(C)C. The molecule has 4 unspecified atom stereocenters. The lowest BCUT2D eigenvalue weighted by atomic mass is 9.85. The van der Waals surface area contributed by atoms with E-state index in [0.29, 0.717) is 12.8 Å². The van der Waals surface area contributed by atoms with Gasteiger partial charge in [0.1, 0.15) is 24.2 Å². The number of hydrogen-bond donors (Lipinski definition) is 8. The van der Waals surface area contributed by atoms with Gasteiger partial charge in [-0.15, -0.1) is 0 Å². The van der Waals surface area contributed by atoms with Crippen LogP contribution in [-0.4, -0.2) is 138 Å². The quantitative estimate of drug-likeness (QED) is 0.0711. The van der Waals surface area contributed by atoms with Gasteiger partial charge >= 0.3 is 0 Å². The summed E-state index contributed by atoms with van der Waals surface area (Å²) in [5, 5.41) is 36.0. The number of nitrogens with one attached hydrogen (secondary N) is 8. The molecule has 2 heterocycles. The van der Waals surface area contributed by atoms with Gasteiger partial charge in [0, 0.05) is 48.4 Å². The van der Waals surface area contributed by atoms with Crippen molar-refractivity contribution in [2.24, 2.45) is 10.8 Å². The highest BCUT2D eigenvalue weighted by Crippen LogP contribution is 2.34. The summed E-state index contributed by atoms with van der Waals surface area (Å²) in [5.41, 5.74) is 1.48. The number of benzene rings is 3. The number of rotatable bonds is 17. The summed E-state index contributed by atoms with van der Waals surface area (Å²) in [5.74, 6) is -4.45. The van der Waals surface area contributed by atoms with Gasteiger partial charge in [-0.1, -0.05) is 90.1 Å². The van der Waals surface area contributed by atoms with Crippen LogP contribution in [0.15, 0.2) is 66.7 Å². The van der Waals surface area contributed by atoms with Crippen LogP contribution in [0.5, 0.6) is 0 Å². The first-order valence-corrected chi connectivity index (χ1v) is 27.5. The largest absolute Gasteiger partial charge is 0.347 e. The number of amides is 8. The topological polar surface area (TPSA) is 282 Å². The standard InChI is InChI=1S/C58H79N11O10/c1-32(59-9)49(70)65-47(57(3,4)5)55(76)67-30-38(28-45(67)53(74)63-43-23-15-19-34-17-11-13-21-41(34)43)61-51(72)36-25-37(27-40(26-36)69(78)79)52(73)62-39-29-46(54(75)64-44-24-16-20-35-18-12-14-22-42(35)44)68(31-39)56(77)48(58(6,7)8)66-50(71)33(2)60-10/h11-14,17-18,21-22,25-27,32-33,38-39,43-48,59-60H,15-16,19-20,23-24,28-31H2,1-10H3,(H,61,72)(H,62,73)(H,63,74)(H,64,75)(H,65,70)(H,66,71)/t32-,33?,38?,39-,43+,44?,45?,46-,47+,48+/m0/s1. The molecule has 7 rings (SSSR count). The molecule has 8 amide bonds. The van der Waals surface area contributed by atoms with E-state index in [2.05, 4.69) is 42.5 Å². The van der Waals surface area contributed by atoms with Crippen molar-refractivity contribution in [1.29, 1.82) is 0 Å². The highest BCUT2D eigenvalue weighted by atomic mass is 16.6. The number of hydrogen-bond acceptors (Lipinski definition) is 12. The summed E-state index contributed by atoms with van der Waals surface area (Å²) < 4.78 is 0. The number of fused-ring (bicyclic) bond motifs is 2. The van der Waals surface area contributed by atoms with Crippen molar-refractivity contribution >= 4 is 52.9 Å². The van der Waals surface area contributed by atoms with Crippen LogP contribution in [0.25, 0.3) is 0 Å². The Morgan fingerprint density at radius 2 is 0.962 bits per heavy atom. The van der Waals surface area contributed by atoms with Crippen LogP contribution in [0.4, 0.5) is 5.69 Å². The summed E-state index contributed by atoms with van der Waals surface area (Å²) in [7, 11) is 3.24. The molecule has 2 saturated heterocycles. The first kappa shape index (κ1) is 59.4. The van der Waals surface area contributed by atoms with E-state index in [4.69, 9.17) is 0 Å². The minimum absolute atomic E-state index is 0.0369. The fourth-order valence-electron chi connectivity index (χ4n) is 11.2. The Balaban J connectivity index is 1.13. The van der Waals surface area contributed by atoms with E-state index in [-0.39, 0.29) is 49.1 Å². The summed E-state index contributed by atoms with van der Waals surface area (Å²) in [6.07, 6.45) is 4.66. The third kappa shape index (κ3) is 14.0. The maximum Gasteiger partial charge on any atom is 0.271 e. The number of non-ortho nitro benzene ring substituents is 1. The molecule has 8 N–H and O–H groups in total. The summed E-state index contributed by atoms with van der Waals surface area (Å²) in [6, 6.07) is 11.0. The number of likely N-dealkylation sites (tertiary alicyclic amines) is 2. The molecule has 10 atom stereocenters. The second-order valence-corrected chi connectivity index (χ2v) is 23.8. The van der Waals surface area contributed by atoms with Crippen LogP contribution in [0.3, 0.4) is 0 Å². The van der Waals surface area contributed by atoms with Crippen molar-refractivity contribution in [2.75, 3.05) is 27.2 Å². The van der Waals surface area contributed by atoms with E-state index in [9.17, 15) is 48.5 Å². The molecule has 0 bridgehead atoms.